The number of hydrogen-bond donors (Lipinski definition) is 2. The number of halogens is 2. The summed E-state index contributed by atoms with van der Waals surface area (Å²) in [6, 6.07) is 1.85. The number of benzene rings is 1. The van der Waals surface area contributed by atoms with Gasteiger partial charge < -0.3 is 15.6 Å². The van der Waals surface area contributed by atoms with Crippen LogP contribution in [0, 0.1) is 28.5 Å². The minimum Gasteiger partial charge on any atom is -0.399 e. The van der Waals surface area contributed by atoms with E-state index in [1.54, 1.807) is 4.90 Å². The molecular weight excluding hydrogens is 412 g/mol. The van der Waals surface area contributed by atoms with Crippen LogP contribution < -0.4 is 5.73 Å². The maximum absolute atomic E-state index is 14.5. The van der Waals surface area contributed by atoms with Gasteiger partial charge in [-0.1, -0.05) is 38.7 Å². The van der Waals surface area contributed by atoms with Gasteiger partial charge in [0.25, 0.3) is 5.91 Å². The zero-order valence-electron chi connectivity index (χ0n) is 18.3. The molecule has 0 saturated heterocycles. The number of amides is 1. The van der Waals surface area contributed by atoms with Crippen LogP contribution in [0.25, 0.3) is 10.9 Å². The molecule has 4 nitrogen and oxygen atoms in total. The number of aromatic amines is 1. The van der Waals surface area contributed by atoms with E-state index in [2.05, 4.69) is 43.0 Å². The summed E-state index contributed by atoms with van der Waals surface area (Å²) in [4.78, 5) is 18.2. The van der Waals surface area contributed by atoms with Gasteiger partial charge in [-0.25, -0.2) is 8.78 Å². The Balaban J connectivity index is 1.88. The highest BCUT2D eigenvalue weighted by Crippen LogP contribution is 2.48. The van der Waals surface area contributed by atoms with E-state index in [-0.39, 0.29) is 11.4 Å². The lowest BCUT2D eigenvalue weighted by molar-refractivity contribution is -0.130. The second-order valence-corrected chi connectivity index (χ2v) is 14.5. The van der Waals surface area contributed by atoms with Gasteiger partial charge in [-0.15, -0.1) is 5.54 Å². The average Bonchev–Trinajstić information content (AvgIpc) is 3.06. The molecule has 1 aromatic heterocycles. The predicted octanol–water partition coefficient (Wildman–Crippen LogP) is 4.56. The van der Waals surface area contributed by atoms with E-state index in [1.807, 2.05) is 18.2 Å². The summed E-state index contributed by atoms with van der Waals surface area (Å²) in [6.45, 7) is 8.76. The molecule has 0 fully saturated rings. The third-order valence-electron chi connectivity index (χ3n) is 6.02. The lowest BCUT2D eigenvalue weighted by Crippen LogP contribution is -2.46. The molecule has 1 aliphatic carbocycles. The van der Waals surface area contributed by atoms with Crippen molar-refractivity contribution in [2.24, 2.45) is 11.1 Å². The first-order valence-electron chi connectivity index (χ1n) is 10.5. The molecule has 0 radical (unpaired) electrons. The Bertz CT molecular complexity index is 1200. The van der Waals surface area contributed by atoms with Crippen molar-refractivity contribution >= 4 is 24.9 Å². The predicted molar refractivity (Wildman–Crippen MR) is 122 cm³/mol. The van der Waals surface area contributed by atoms with Gasteiger partial charge in [0, 0.05) is 34.8 Å². The highest BCUT2D eigenvalue weighted by molar-refractivity contribution is 6.84. The zero-order chi connectivity index (χ0) is 22.6. The Hall–Kier alpha value is -2.85. The molecule has 1 amide bonds. The van der Waals surface area contributed by atoms with E-state index in [0.717, 1.165) is 17.3 Å². The van der Waals surface area contributed by atoms with E-state index < -0.39 is 31.2 Å². The van der Waals surface area contributed by atoms with Crippen molar-refractivity contribution in [3.63, 3.8) is 0 Å². The molecule has 0 spiro atoms. The van der Waals surface area contributed by atoms with Crippen LogP contribution in [0.2, 0.25) is 19.6 Å². The molecule has 1 unspecified atom stereocenters. The van der Waals surface area contributed by atoms with E-state index in [0.29, 0.717) is 30.5 Å². The molecule has 2 aromatic rings. The second kappa shape index (κ2) is 7.38. The van der Waals surface area contributed by atoms with Crippen LogP contribution in [0.5, 0.6) is 0 Å². The van der Waals surface area contributed by atoms with Crippen LogP contribution in [-0.4, -0.2) is 30.4 Å². The summed E-state index contributed by atoms with van der Waals surface area (Å²) >= 11 is 0. The number of carbonyl (C=O) groups is 1. The van der Waals surface area contributed by atoms with Crippen molar-refractivity contribution in [1.29, 1.82) is 0 Å². The number of nitrogens with zero attached hydrogens (tertiary/aromatic N) is 1. The van der Waals surface area contributed by atoms with Gasteiger partial charge in [-0.2, -0.15) is 0 Å². The molecule has 7 heteroatoms. The number of rotatable bonds is 1. The number of allylic oxidation sites excluding steroid dienone is 2. The summed E-state index contributed by atoms with van der Waals surface area (Å²) in [7, 11) is -1.73. The average molecular weight is 440 g/mol. The number of H-pyrrole nitrogens is 1. The maximum atomic E-state index is 14.5. The molecule has 0 saturated carbocycles. The van der Waals surface area contributed by atoms with E-state index in [9.17, 15) is 13.6 Å². The number of nitrogens with two attached hydrogens (primary N) is 1. The van der Waals surface area contributed by atoms with E-state index in [1.165, 1.54) is 6.07 Å². The Morgan fingerprint density at radius 1 is 1.32 bits per heavy atom. The highest BCUT2D eigenvalue weighted by Gasteiger charge is 2.44. The molecule has 2 heterocycles. The molecule has 31 heavy (non-hydrogen) atoms. The molecule has 2 aliphatic rings. The van der Waals surface area contributed by atoms with Gasteiger partial charge in [-0.3, -0.25) is 4.79 Å². The molecule has 162 valence electrons. The van der Waals surface area contributed by atoms with Crippen molar-refractivity contribution < 1.29 is 13.6 Å². The van der Waals surface area contributed by atoms with Crippen molar-refractivity contribution in [2.75, 3.05) is 6.54 Å². The molecule has 2 atom stereocenters. The maximum Gasteiger partial charge on any atom is 0.298 e. The number of fused-ring (bicyclic) bond motifs is 3. The minimum absolute atomic E-state index is 0.236. The standard InChI is InChI=1S/C24H27F2N3OSi/c1-24(9-5-16(27)6-10-24)23-22-17(18-13-15(25)14-19(26)21(18)28-22)7-11-29(23)20(30)8-12-31(2,3)4/h5-6,9,13-14,23,28H,7,10-11,27H2,1-4H3/t23-,24?/m1/s1. The van der Waals surface area contributed by atoms with Gasteiger partial charge in [0.1, 0.15) is 19.7 Å². The number of aromatic nitrogens is 1. The van der Waals surface area contributed by atoms with Gasteiger partial charge >= 0.3 is 0 Å². The Kier molecular flexibility index (Phi) is 5.09. The molecule has 4 rings (SSSR count). The van der Waals surface area contributed by atoms with Crippen LogP contribution >= 0.6 is 0 Å². The second-order valence-electron chi connectivity index (χ2n) is 9.73. The van der Waals surface area contributed by atoms with Crippen molar-refractivity contribution in [3.8, 4) is 11.5 Å². The largest absolute Gasteiger partial charge is 0.399 e. The zero-order valence-corrected chi connectivity index (χ0v) is 19.3. The van der Waals surface area contributed by atoms with E-state index >= 15 is 0 Å². The van der Waals surface area contributed by atoms with Crippen LogP contribution in [0.1, 0.15) is 30.6 Å². The van der Waals surface area contributed by atoms with Crippen LogP contribution in [0.4, 0.5) is 8.78 Å². The van der Waals surface area contributed by atoms with Crippen LogP contribution in [-0.2, 0) is 11.2 Å². The molecule has 0 bridgehead atoms. The third kappa shape index (κ3) is 3.92. The molecule has 1 aliphatic heterocycles. The Morgan fingerprint density at radius 2 is 2.06 bits per heavy atom. The highest BCUT2D eigenvalue weighted by atomic mass is 28.3. The first-order valence-corrected chi connectivity index (χ1v) is 14.0. The van der Waals surface area contributed by atoms with E-state index in [4.69, 9.17) is 5.73 Å². The number of nitrogens with one attached hydrogen (secondary N) is 1. The summed E-state index contributed by atoms with van der Waals surface area (Å²) in [5, 5.41) is 0.538. The summed E-state index contributed by atoms with van der Waals surface area (Å²) < 4.78 is 28.5. The van der Waals surface area contributed by atoms with Crippen molar-refractivity contribution in [2.45, 2.75) is 45.4 Å². The Labute approximate surface area is 182 Å². The van der Waals surface area contributed by atoms with Crippen LogP contribution in [0.3, 0.4) is 0 Å². The SMILES string of the molecule is CC1([C@H]2c3[nH]c4c(F)cc(F)cc4c3CCN2C(=O)C#C[Si](C)(C)C)C=CC(N)=CC1. The fraction of sp³-hybridized carbons (Fsp3) is 0.375. The quantitative estimate of drug-likeness (QED) is 0.505. The first-order chi connectivity index (χ1) is 14.5. The van der Waals surface area contributed by atoms with Crippen molar-refractivity contribution in [3.05, 3.63) is 58.9 Å². The van der Waals surface area contributed by atoms with Gasteiger partial charge in [0.2, 0.25) is 0 Å². The molecular formula is C24H27F2N3OSi. The fourth-order valence-corrected chi connectivity index (χ4v) is 4.98. The lowest BCUT2D eigenvalue weighted by Gasteiger charge is -2.45. The minimum atomic E-state index is -1.73. The monoisotopic (exact) mass is 439 g/mol. The topological polar surface area (TPSA) is 62.1 Å². The first kappa shape index (κ1) is 21.4. The normalized spacial score (nSPS) is 23.2. The van der Waals surface area contributed by atoms with Gasteiger partial charge in [0.15, 0.2) is 0 Å². The lowest BCUT2D eigenvalue weighted by atomic mass is 9.72. The summed E-state index contributed by atoms with van der Waals surface area (Å²) in [5.74, 6) is 1.38. The number of hydrogen-bond acceptors (Lipinski definition) is 2. The van der Waals surface area contributed by atoms with Gasteiger partial charge in [0.05, 0.1) is 11.6 Å². The fourth-order valence-electron chi connectivity index (χ4n) is 4.49. The van der Waals surface area contributed by atoms with Gasteiger partial charge in [-0.05, 0) is 36.5 Å². The third-order valence-corrected chi connectivity index (χ3v) is 6.89. The molecule has 1 aromatic carbocycles. The van der Waals surface area contributed by atoms with Crippen molar-refractivity contribution in [1.82, 2.24) is 9.88 Å². The Morgan fingerprint density at radius 3 is 2.71 bits per heavy atom. The van der Waals surface area contributed by atoms with Crippen LogP contribution in [0.15, 0.2) is 36.1 Å². The summed E-state index contributed by atoms with van der Waals surface area (Å²) in [6.07, 6.45) is 6.92. The summed E-state index contributed by atoms with van der Waals surface area (Å²) in [5.41, 5.74) is 11.2. The smallest absolute Gasteiger partial charge is 0.298 e. The number of carbonyl (C=O) groups excluding carboxylic acids is 1. The molecule has 3 N–H and O–H groups in total.